The summed E-state index contributed by atoms with van der Waals surface area (Å²) in [4.78, 5) is 5.79. The lowest BCUT2D eigenvalue weighted by atomic mass is 10.6. The lowest BCUT2D eigenvalue weighted by Crippen LogP contribution is -2.29. The summed E-state index contributed by atoms with van der Waals surface area (Å²) in [5.74, 6) is 0.0104. The van der Waals surface area contributed by atoms with E-state index in [2.05, 4.69) is 4.99 Å². The Morgan fingerprint density at radius 1 is 1.54 bits per heavy atom. The highest BCUT2D eigenvalue weighted by molar-refractivity contribution is 5.76. The molecule has 0 aliphatic heterocycles. The third kappa shape index (κ3) is 9.06. The van der Waals surface area contributed by atoms with Crippen LogP contribution in [0.15, 0.2) is 4.99 Å². The van der Waals surface area contributed by atoms with Crippen molar-refractivity contribution >= 4 is 5.96 Å². The Balaban J connectivity index is 3.17. The highest BCUT2D eigenvalue weighted by Gasteiger charge is 1.90. The molecule has 0 atom stereocenters. The number of hydrogen-bond donors (Lipinski definition) is 3. The molecule has 0 aliphatic rings. The molecule has 0 radical (unpaired) electrons. The largest absolute Gasteiger partial charge is 0.378 e. The number of hydroxylamine groups is 1. The molecular weight excluding hydrogens is 172 g/mol. The maximum absolute atomic E-state index is 8.26. The fourth-order valence-electron chi connectivity index (χ4n) is 0.615. The van der Waals surface area contributed by atoms with E-state index < -0.39 is 0 Å². The van der Waals surface area contributed by atoms with E-state index >= 15 is 0 Å². The molecule has 0 aromatic heterocycles. The SMILES string of the molecule is CN(C)CCOCCN=C(N)NO. The monoisotopic (exact) mass is 190 g/mol. The zero-order valence-corrected chi connectivity index (χ0v) is 8.16. The van der Waals surface area contributed by atoms with Gasteiger partial charge in [-0.3, -0.25) is 5.21 Å². The smallest absolute Gasteiger partial charge is 0.212 e. The Morgan fingerprint density at radius 2 is 2.23 bits per heavy atom. The van der Waals surface area contributed by atoms with Crippen molar-refractivity contribution in [3.05, 3.63) is 0 Å². The first kappa shape index (κ1) is 12.2. The Kier molecular flexibility index (Phi) is 7.27. The molecule has 0 saturated carbocycles. The molecule has 0 bridgehead atoms. The Hall–Kier alpha value is -0.850. The van der Waals surface area contributed by atoms with Crippen LogP contribution in [0.5, 0.6) is 0 Å². The summed E-state index contributed by atoms with van der Waals surface area (Å²) in [6, 6.07) is 0. The van der Waals surface area contributed by atoms with E-state index in [4.69, 9.17) is 15.7 Å². The highest BCUT2D eigenvalue weighted by Crippen LogP contribution is 1.79. The molecule has 0 saturated heterocycles. The van der Waals surface area contributed by atoms with Crippen LogP contribution in [-0.4, -0.2) is 56.5 Å². The molecule has 0 fully saturated rings. The number of nitrogens with zero attached hydrogens (tertiary/aromatic N) is 2. The predicted molar refractivity (Wildman–Crippen MR) is 50.8 cm³/mol. The molecule has 0 heterocycles. The Bertz CT molecular complexity index is 149. The van der Waals surface area contributed by atoms with Gasteiger partial charge in [0.2, 0.25) is 5.96 Å². The number of aliphatic imine (C=N–C) groups is 1. The fourth-order valence-corrected chi connectivity index (χ4v) is 0.615. The van der Waals surface area contributed by atoms with Crippen molar-refractivity contribution < 1.29 is 9.94 Å². The summed E-state index contributed by atoms with van der Waals surface area (Å²) in [6.07, 6.45) is 0. The number of ether oxygens (including phenoxy) is 1. The first-order valence-corrected chi connectivity index (χ1v) is 4.09. The minimum absolute atomic E-state index is 0.0104. The molecule has 6 heteroatoms. The summed E-state index contributed by atoms with van der Waals surface area (Å²) >= 11 is 0. The minimum atomic E-state index is 0.0104. The van der Waals surface area contributed by atoms with Gasteiger partial charge < -0.3 is 15.4 Å². The second-order valence-electron chi connectivity index (χ2n) is 2.79. The van der Waals surface area contributed by atoms with Gasteiger partial charge in [-0.25, -0.2) is 10.5 Å². The van der Waals surface area contributed by atoms with Crippen LogP contribution in [0, 0.1) is 0 Å². The van der Waals surface area contributed by atoms with Gasteiger partial charge in [-0.1, -0.05) is 0 Å². The quantitative estimate of drug-likeness (QED) is 0.213. The van der Waals surface area contributed by atoms with E-state index in [0.717, 1.165) is 6.54 Å². The standard InChI is InChI=1S/C7H18N4O2/c1-11(2)4-6-13-5-3-9-7(8)10-12/h12H,3-6H2,1-2H3,(H3,8,9,10). The van der Waals surface area contributed by atoms with Crippen molar-refractivity contribution in [1.29, 1.82) is 0 Å². The van der Waals surface area contributed by atoms with Gasteiger partial charge in [0.15, 0.2) is 0 Å². The first-order valence-electron chi connectivity index (χ1n) is 4.09. The summed E-state index contributed by atoms with van der Waals surface area (Å²) in [5, 5.41) is 8.26. The van der Waals surface area contributed by atoms with Crippen molar-refractivity contribution in [2.75, 3.05) is 40.4 Å². The normalized spacial score (nSPS) is 12.2. The number of rotatable bonds is 6. The van der Waals surface area contributed by atoms with Crippen molar-refractivity contribution in [3.8, 4) is 0 Å². The van der Waals surface area contributed by atoms with E-state index in [-0.39, 0.29) is 5.96 Å². The topological polar surface area (TPSA) is 83.1 Å². The van der Waals surface area contributed by atoms with Crippen LogP contribution in [0.2, 0.25) is 0 Å². The molecule has 78 valence electrons. The molecule has 4 N–H and O–H groups in total. The Morgan fingerprint density at radius 3 is 2.77 bits per heavy atom. The van der Waals surface area contributed by atoms with Crippen LogP contribution in [0.25, 0.3) is 0 Å². The minimum Gasteiger partial charge on any atom is -0.378 e. The van der Waals surface area contributed by atoms with Crippen molar-refractivity contribution in [2.45, 2.75) is 0 Å². The molecule has 0 aliphatic carbocycles. The van der Waals surface area contributed by atoms with Gasteiger partial charge in [0, 0.05) is 6.54 Å². The summed E-state index contributed by atoms with van der Waals surface area (Å²) in [6.45, 7) is 2.52. The second-order valence-corrected chi connectivity index (χ2v) is 2.79. The highest BCUT2D eigenvalue weighted by atomic mass is 16.5. The molecule has 0 amide bonds. The summed E-state index contributed by atoms with van der Waals surface area (Å²) in [7, 11) is 3.96. The van der Waals surface area contributed by atoms with Gasteiger partial charge >= 0.3 is 0 Å². The number of guanidine groups is 1. The van der Waals surface area contributed by atoms with E-state index in [0.29, 0.717) is 19.8 Å². The second kappa shape index (κ2) is 7.78. The van der Waals surface area contributed by atoms with Gasteiger partial charge in [0.25, 0.3) is 0 Å². The van der Waals surface area contributed by atoms with Crippen molar-refractivity contribution in [1.82, 2.24) is 10.4 Å². The van der Waals surface area contributed by atoms with Crippen LogP contribution in [0.1, 0.15) is 0 Å². The Labute approximate surface area is 78.3 Å². The third-order valence-electron chi connectivity index (χ3n) is 1.32. The zero-order valence-electron chi connectivity index (χ0n) is 8.16. The lowest BCUT2D eigenvalue weighted by molar-refractivity contribution is 0.124. The summed E-state index contributed by atoms with van der Waals surface area (Å²) in [5.41, 5.74) is 6.90. The average Bonchev–Trinajstić information content (AvgIpc) is 2.10. The van der Waals surface area contributed by atoms with Crippen molar-refractivity contribution in [2.24, 2.45) is 10.7 Å². The molecule has 0 rings (SSSR count). The van der Waals surface area contributed by atoms with E-state index in [1.807, 2.05) is 19.0 Å². The van der Waals surface area contributed by atoms with Crippen LogP contribution >= 0.6 is 0 Å². The van der Waals surface area contributed by atoms with Crippen LogP contribution in [0.4, 0.5) is 0 Å². The third-order valence-corrected chi connectivity index (χ3v) is 1.32. The van der Waals surface area contributed by atoms with Gasteiger partial charge in [-0.15, -0.1) is 0 Å². The molecule has 0 aromatic rings. The van der Waals surface area contributed by atoms with Gasteiger partial charge in [0.1, 0.15) is 0 Å². The molecule has 6 nitrogen and oxygen atoms in total. The average molecular weight is 190 g/mol. The number of likely N-dealkylation sites (N-methyl/N-ethyl adjacent to an activating group) is 1. The van der Waals surface area contributed by atoms with Gasteiger partial charge in [0.05, 0.1) is 19.8 Å². The molecule has 13 heavy (non-hydrogen) atoms. The van der Waals surface area contributed by atoms with Gasteiger partial charge in [-0.05, 0) is 14.1 Å². The molecule has 0 aromatic carbocycles. The van der Waals surface area contributed by atoms with Crippen LogP contribution in [-0.2, 0) is 4.74 Å². The van der Waals surface area contributed by atoms with E-state index in [1.165, 1.54) is 0 Å². The number of nitrogens with one attached hydrogen (secondary N) is 1. The maximum Gasteiger partial charge on any atom is 0.212 e. The number of nitrogens with two attached hydrogens (primary N) is 1. The first-order chi connectivity index (χ1) is 6.16. The lowest BCUT2D eigenvalue weighted by Gasteiger charge is -2.08. The zero-order chi connectivity index (χ0) is 10.1. The van der Waals surface area contributed by atoms with E-state index in [9.17, 15) is 0 Å². The molecular formula is C7H18N4O2. The molecule has 0 spiro atoms. The van der Waals surface area contributed by atoms with Crippen LogP contribution < -0.4 is 11.2 Å². The predicted octanol–water partition coefficient (Wildman–Crippen LogP) is -1.14. The van der Waals surface area contributed by atoms with E-state index in [1.54, 1.807) is 5.48 Å². The van der Waals surface area contributed by atoms with Crippen LogP contribution in [0.3, 0.4) is 0 Å². The van der Waals surface area contributed by atoms with Gasteiger partial charge in [-0.2, -0.15) is 0 Å². The maximum atomic E-state index is 8.26. The summed E-state index contributed by atoms with van der Waals surface area (Å²) < 4.78 is 5.23. The van der Waals surface area contributed by atoms with Crippen molar-refractivity contribution in [3.63, 3.8) is 0 Å². The molecule has 0 unspecified atom stereocenters. The fraction of sp³-hybridized carbons (Fsp3) is 0.857. The number of hydrogen-bond acceptors (Lipinski definition) is 4.